The molecule has 2 heterocycles. The molecule has 0 unspecified atom stereocenters. The van der Waals surface area contributed by atoms with E-state index >= 15 is 0 Å². The number of nitrogens with zero attached hydrogens (tertiary/aromatic N) is 2. The largest absolute Gasteiger partial charge is 0.288 e. The molecule has 0 saturated carbocycles. The summed E-state index contributed by atoms with van der Waals surface area (Å²) in [5, 5.41) is 0.635. The molecule has 2 aromatic carbocycles. The average molecular weight is 405 g/mol. The van der Waals surface area contributed by atoms with Gasteiger partial charge in [-0.1, -0.05) is 83.9 Å². The first kappa shape index (κ1) is 18.4. The number of aromatic nitrogens is 2. The minimum Gasteiger partial charge on any atom is -0.288 e. The molecule has 0 saturated heterocycles. The Kier molecular flexibility index (Phi) is 5.20. The van der Waals surface area contributed by atoms with E-state index in [9.17, 15) is 4.79 Å². The molecule has 5 heteroatoms. The van der Waals surface area contributed by atoms with Crippen LogP contribution in [0.3, 0.4) is 0 Å². The van der Waals surface area contributed by atoms with Crippen molar-refractivity contribution in [3.05, 3.63) is 106 Å². The maximum absolute atomic E-state index is 13.6. The lowest BCUT2D eigenvalue weighted by Gasteiger charge is -2.14. The number of carbonyl (C=O) groups is 1. The minimum atomic E-state index is -0.311. The molecule has 0 N–H and O–H groups in total. The molecule has 0 aliphatic heterocycles. The van der Waals surface area contributed by atoms with E-state index in [2.05, 4.69) is 9.97 Å². The zero-order chi connectivity index (χ0) is 19.5. The van der Waals surface area contributed by atoms with Crippen LogP contribution < -0.4 is 0 Å². The number of carbonyl (C=O) groups excluding carboxylic acids is 1. The van der Waals surface area contributed by atoms with Crippen molar-refractivity contribution in [1.82, 2.24) is 9.97 Å². The van der Waals surface area contributed by atoms with Crippen molar-refractivity contribution in [3.63, 3.8) is 0 Å². The highest BCUT2D eigenvalue weighted by molar-refractivity contribution is 6.39. The topological polar surface area (TPSA) is 42.9 Å². The van der Waals surface area contributed by atoms with Crippen LogP contribution in [-0.4, -0.2) is 15.8 Å². The number of halogens is 2. The van der Waals surface area contributed by atoms with Crippen LogP contribution in [0.2, 0.25) is 10.0 Å². The molecular weight excluding hydrogens is 391 g/mol. The fraction of sp³-hybridized carbons (Fsp3) is 0. The molecule has 28 heavy (non-hydrogen) atoms. The second kappa shape index (κ2) is 7.93. The van der Waals surface area contributed by atoms with E-state index in [-0.39, 0.29) is 5.78 Å². The van der Waals surface area contributed by atoms with Gasteiger partial charge in [0, 0.05) is 23.5 Å². The fourth-order valence-electron chi connectivity index (χ4n) is 3.06. The molecule has 0 amide bonds. The molecule has 0 bridgehead atoms. The van der Waals surface area contributed by atoms with Crippen LogP contribution in [0.4, 0.5) is 0 Å². The highest BCUT2D eigenvalue weighted by Gasteiger charge is 2.25. The van der Waals surface area contributed by atoms with Crippen LogP contribution in [0.25, 0.3) is 22.5 Å². The first-order valence-corrected chi connectivity index (χ1v) is 9.37. The van der Waals surface area contributed by atoms with E-state index in [1.54, 1.807) is 24.5 Å². The van der Waals surface area contributed by atoms with E-state index in [0.717, 1.165) is 11.1 Å². The number of pyridine rings is 2. The minimum absolute atomic E-state index is 0.308. The lowest BCUT2D eigenvalue weighted by molar-refractivity contribution is 0.103. The Balaban J connectivity index is 1.94. The Hall–Kier alpha value is -3.01. The van der Waals surface area contributed by atoms with Crippen molar-refractivity contribution in [2.45, 2.75) is 0 Å². The summed E-state index contributed by atoms with van der Waals surface area (Å²) in [6, 6.07) is 22.1. The van der Waals surface area contributed by atoms with Crippen LogP contribution in [0.1, 0.15) is 15.9 Å². The number of rotatable bonds is 4. The molecule has 0 aliphatic rings. The molecule has 0 aliphatic carbocycles. The fourth-order valence-corrected chi connectivity index (χ4v) is 3.53. The zero-order valence-electron chi connectivity index (χ0n) is 14.6. The lowest BCUT2D eigenvalue weighted by atomic mass is 9.95. The molecular formula is C23H14Cl2N2O. The van der Waals surface area contributed by atoms with Gasteiger partial charge in [0.1, 0.15) is 0 Å². The third kappa shape index (κ3) is 3.42. The van der Waals surface area contributed by atoms with Gasteiger partial charge in [-0.2, -0.15) is 0 Å². The summed E-state index contributed by atoms with van der Waals surface area (Å²) in [6.45, 7) is 0. The van der Waals surface area contributed by atoms with Crippen molar-refractivity contribution in [2.24, 2.45) is 0 Å². The van der Waals surface area contributed by atoms with Gasteiger partial charge >= 0.3 is 0 Å². The van der Waals surface area contributed by atoms with E-state index in [0.29, 0.717) is 32.6 Å². The first-order valence-electron chi connectivity index (χ1n) is 8.61. The zero-order valence-corrected chi connectivity index (χ0v) is 16.2. The highest BCUT2D eigenvalue weighted by Crippen LogP contribution is 2.34. The van der Waals surface area contributed by atoms with Gasteiger partial charge < -0.3 is 0 Å². The number of benzene rings is 2. The van der Waals surface area contributed by atoms with Crippen LogP contribution >= 0.6 is 23.2 Å². The summed E-state index contributed by atoms with van der Waals surface area (Å²) in [5.41, 5.74) is 3.24. The smallest absolute Gasteiger partial charge is 0.200 e. The first-order chi connectivity index (χ1) is 13.7. The normalized spacial score (nSPS) is 10.6. The monoisotopic (exact) mass is 404 g/mol. The van der Waals surface area contributed by atoms with Gasteiger partial charge in [-0.25, -0.2) is 0 Å². The second-order valence-corrected chi connectivity index (χ2v) is 6.91. The molecule has 0 spiro atoms. The third-order valence-corrected chi connectivity index (χ3v) is 4.98. The van der Waals surface area contributed by atoms with Crippen LogP contribution in [-0.2, 0) is 0 Å². The van der Waals surface area contributed by atoms with E-state index in [1.165, 1.54) is 0 Å². The number of hydrogen-bond donors (Lipinski definition) is 0. The maximum atomic E-state index is 13.6. The van der Waals surface area contributed by atoms with Crippen molar-refractivity contribution < 1.29 is 4.79 Å². The Morgan fingerprint density at radius 2 is 1.00 bits per heavy atom. The average Bonchev–Trinajstić information content (AvgIpc) is 2.74. The molecule has 0 radical (unpaired) electrons. The van der Waals surface area contributed by atoms with Crippen LogP contribution in [0.15, 0.2) is 85.2 Å². The Morgan fingerprint density at radius 3 is 1.39 bits per heavy atom. The quantitative estimate of drug-likeness (QED) is 0.372. The lowest BCUT2D eigenvalue weighted by Crippen LogP contribution is -2.09. The predicted octanol–water partition coefficient (Wildman–Crippen LogP) is 6.35. The van der Waals surface area contributed by atoms with Gasteiger partial charge in [-0.15, -0.1) is 0 Å². The summed E-state index contributed by atoms with van der Waals surface area (Å²) >= 11 is 12.9. The summed E-state index contributed by atoms with van der Waals surface area (Å²) in [5.74, 6) is -0.311. The predicted molar refractivity (Wildman–Crippen MR) is 113 cm³/mol. The molecule has 2 aromatic heterocycles. The molecule has 0 fully saturated rings. The molecule has 136 valence electrons. The SMILES string of the molecule is O=C(c1c(Cl)ccnc1-c1ccccc1)c1c(Cl)ccnc1-c1ccccc1. The Morgan fingerprint density at radius 1 is 0.607 bits per heavy atom. The Labute approximate surface area is 172 Å². The molecule has 4 rings (SSSR count). The highest BCUT2D eigenvalue weighted by atomic mass is 35.5. The summed E-state index contributed by atoms with van der Waals surface area (Å²) in [4.78, 5) is 22.5. The maximum Gasteiger partial charge on any atom is 0.200 e. The standard InChI is InChI=1S/C23H14Cl2N2O/c24-17-11-13-26-21(15-7-3-1-4-8-15)19(17)23(28)20-18(25)12-14-27-22(20)16-9-5-2-6-10-16/h1-14H. The molecule has 4 aromatic rings. The van der Waals surface area contributed by atoms with Crippen molar-refractivity contribution >= 4 is 29.0 Å². The van der Waals surface area contributed by atoms with Gasteiger partial charge in [0.05, 0.1) is 32.6 Å². The number of ketones is 1. The van der Waals surface area contributed by atoms with Gasteiger partial charge in [0.15, 0.2) is 5.78 Å². The Bertz CT molecular complexity index is 1050. The number of hydrogen-bond acceptors (Lipinski definition) is 3. The van der Waals surface area contributed by atoms with Gasteiger partial charge in [0.2, 0.25) is 0 Å². The summed E-state index contributed by atoms with van der Waals surface area (Å²) in [6.07, 6.45) is 3.18. The van der Waals surface area contributed by atoms with E-state index in [4.69, 9.17) is 23.2 Å². The third-order valence-electron chi connectivity index (χ3n) is 4.35. The second-order valence-electron chi connectivity index (χ2n) is 6.09. The van der Waals surface area contributed by atoms with E-state index < -0.39 is 0 Å². The van der Waals surface area contributed by atoms with Crippen LogP contribution in [0, 0.1) is 0 Å². The van der Waals surface area contributed by atoms with Gasteiger partial charge in [0.25, 0.3) is 0 Å². The molecule has 0 atom stereocenters. The van der Waals surface area contributed by atoms with Crippen molar-refractivity contribution in [3.8, 4) is 22.5 Å². The summed E-state index contributed by atoms with van der Waals surface area (Å²) in [7, 11) is 0. The molecule has 3 nitrogen and oxygen atoms in total. The summed E-state index contributed by atoms with van der Waals surface area (Å²) < 4.78 is 0. The van der Waals surface area contributed by atoms with Crippen molar-refractivity contribution in [2.75, 3.05) is 0 Å². The van der Waals surface area contributed by atoms with Gasteiger partial charge in [-0.3, -0.25) is 14.8 Å². The van der Waals surface area contributed by atoms with Crippen molar-refractivity contribution in [1.29, 1.82) is 0 Å². The van der Waals surface area contributed by atoms with Crippen LogP contribution in [0.5, 0.6) is 0 Å². The van der Waals surface area contributed by atoms with E-state index in [1.807, 2.05) is 60.7 Å². The van der Waals surface area contributed by atoms with Gasteiger partial charge in [-0.05, 0) is 12.1 Å².